The van der Waals surface area contributed by atoms with Crippen LogP contribution in [0.2, 0.25) is 0 Å². The molecular weight excluding hydrogens is 254 g/mol. The zero-order chi connectivity index (χ0) is 13.8. The van der Waals surface area contributed by atoms with Crippen molar-refractivity contribution in [1.82, 2.24) is 20.2 Å². The number of phenols is 1. The molecular formula is C14H11N5O. The molecule has 0 saturated heterocycles. The Kier molecular flexibility index (Phi) is 3.20. The van der Waals surface area contributed by atoms with Gasteiger partial charge in [0.2, 0.25) is 0 Å². The molecule has 1 aromatic heterocycles. The molecule has 0 aliphatic heterocycles. The van der Waals surface area contributed by atoms with Gasteiger partial charge in [-0.3, -0.25) is 4.99 Å². The molecule has 0 amide bonds. The largest absolute Gasteiger partial charge is 0.507 e. The molecule has 98 valence electrons. The van der Waals surface area contributed by atoms with Gasteiger partial charge >= 0.3 is 0 Å². The van der Waals surface area contributed by atoms with Crippen molar-refractivity contribution in [3.63, 3.8) is 0 Å². The van der Waals surface area contributed by atoms with E-state index in [4.69, 9.17) is 0 Å². The summed E-state index contributed by atoms with van der Waals surface area (Å²) in [6, 6.07) is 14.5. The highest BCUT2D eigenvalue weighted by Gasteiger charge is 1.98. The maximum absolute atomic E-state index is 9.64. The van der Waals surface area contributed by atoms with E-state index in [0.717, 1.165) is 11.4 Å². The molecule has 0 aliphatic carbocycles. The van der Waals surface area contributed by atoms with Gasteiger partial charge in [0.1, 0.15) is 12.1 Å². The van der Waals surface area contributed by atoms with Crippen molar-refractivity contribution in [1.29, 1.82) is 0 Å². The standard InChI is InChI=1S/C14H11N5O/c20-14-4-2-1-3-11(14)9-15-12-5-7-13(8-6-12)19-10-16-17-18-19/h1-10,20H. The molecule has 0 bridgehead atoms. The highest BCUT2D eigenvalue weighted by Crippen LogP contribution is 2.17. The van der Waals surface area contributed by atoms with E-state index >= 15 is 0 Å². The van der Waals surface area contributed by atoms with E-state index in [2.05, 4.69) is 20.5 Å². The topological polar surface area (TPSA) is 76.2 Å². The van der Waals surface area contributed by atoms with Crippen molar-refractivity contribution in [2.45, 2.75) is 0 Å². The predicted molar refractivity (Wildman–Crippen MR) is 74.5 cm³/mol. The third-order valence-electron chi connectivity index (χ3n) is 2.75. The zero-order valence-electron chi connectivity index (χ0n) is 10.5. The Morgan fingerprint density at radius 2 is 1.85 bits per heavy atom. The summed E-state index contributed by atoms with van der Waals surface area (Å²) in [5.41, 5.74) is 2.32. The van der Waals surface area contributed by atoms with E-state index in [1.54, 1.807) is 29.1 Å². The number of hydrogen-bond donors (Lipinski definition) is 1. The maximum atomic E-state index is 9.64. The second-order valence-corrected chi connectivity index (χ2v) is 4.09. The van der Waals surface area contributed by atoms with Crippen molar-refractivity contribution in [2.24, 2.45) is 4.99 Å². The van der Waals surface area contributed by atoms with Crippen LogP contribution in [0.15, 0.2) is 59.9 Å². The molecule has 6 nitrogen and oxygen atoms in total. The summed E-state index contributed by atoms with van der Waals surface area (Å²) in [4.78, 5) is 4.31. The summed E-state index contributed by atoms with van der Waals surface area (Å²) in [5.74, 6) is 0.210. The molecule has 1 N–H and O–H groups in total. The minimum Gasteiger partial charge on any atom is -0.507 e. The summed E-state index contributed by atoms with van der Waals surface area (Å²) < 4.78 is 1.57. The quantitative estimate of drug-likeness (QED) is 0.736. The first-order valence-electron chi connectivity index (χ1n) is 5.98. The predicted octanol–water partition coefficient (Wildman–Crippen LogP) is 2.12. The van der Waals surface area contributed by atoms with Gasteiger partial charge in [-0.2, -0.15) is 0 Å². The molecule has 0 atom stereocenters. The molecule has 0 aliphatic rings. The number of benzene rings is 2. The fourth-order valence-corrected chi connectivity index (χ4v) is 1.71. The fourth-order valence-electron chi connectivity index (χ4n) is 1.71. The number of tetrazole rings is 1. The fraction of sp³-hybridized carbons (Fsp3) is 0. The van der Waals surface area contributed by atoms with Gasteiger partial charge in [0.05, 0.1) is 11.4 Å². The molecule has 3 rings (SSSR count). The average Bonchev–Trinajstić information content (AvgIpc) is 3.01. The highest BCUT2D eigenvalue weighted by atomic mass is 16.3. The molecule has 0 saturated carbocycles. The summed E-state index contributed by atoms with van der Waals surface area (Å²) in [7, 11) is 0. The van der Waals surface area contributed by atoms with Crippen LogP contribution in [-0.2, 0) is 0 Å². The molecule has 0 unspecified atom stereocenters. The lowest BCUT2D eigenvalue weighted by molar-refractivity contribution is 0.474. The monoisotopic (exact) mass is 265 g/mol. The number of nitrogens with zero attached hydrogens (tertiary/aromatic N) is 5. The van der Waals surface area contributed by atoms with Crippen LogP contribution in [0.1, 0.15) is 5.56 Å². The van der Waals surface area contributed by atoms with Crippen LogP contribution in [0.3, 0.4) is 0 Å². The van der Waals surface area contributed by atoms with Crippen LogP contribution in [0.4, 0.5) is 5.69 Å². The second kappa shape index (κ2) is 5.31. The van der Waals surface area contributed by atoms with E-state index in [0.29, 0.717) is 5.56 Å². The summed E-state index contributed by atoms with van der Waals surface area (Å²) in [6.45, 7) is 0. The van der Waals surface area contributed by atoms with Crippen molar-refractivity contribution in [2.75, 3.05) is 0 Å². The van der Waals surface area contributed by atoms with E-state index in [1.807, 2.05) is 30.3 Å². The Labute approximate surface area is 115 Å². The van der Waals surface area contributed by atoms with Crippen LogP contribution < -0.4 is 0 Å². The zero-order valence-corrected chi connectivity index (χ0v) is 10.5. The average molecular weight is 265 g/mol. The van der Waals surface area contributed by atoms with Gasteiger partial charge in [-0.15, -0.1) is 5.10 Å². The highest BCUT2D eigenvalue weighted by molar-refractivity contribution is 5.85. The van der Waals surface area contributed by atoms with Crippen molar-refractivity contribution >= 4 is 11.9 Å². The molecule has 20 heavy (non-hydrogen) atoms. The van der Waals surface area contributed by atoms with Gasteiger partial charge in [-0.05, 0) is 46.8 Å². The Morgan fingerprint density at radius 3 is 2.55 bits per heavy atom. The first-order chi connectivity index (χ1) is 9.83. The smallest absolute Gasteiger partial charge is 0.143 e. The number of hydrogen-bond acceptors (Lipinski definition) is 5. The normalized spacial score (nSPS) is 11.0. The number of aromatic hydroxyl groups is 1. The third-order valence-corrected chi connectivity index (χ3v) is 2.75. The van der Waals surface area contributed by atoms with E-state index in [-0.39, 0.29) is 5.75 Å². The molecule has 1 heterocycles. The Morgan fingerprint density at radius 1 is 1.05 bits per heavy atom. The SMILES string of the molecule is Oc1ccccc1C=Nc1ccc(-n2cnnn2)cc1. The van der Waals surface area contributed by atoms with Crippen LogP contribution >= 0.6 is 0 Å². The number of rotatable bonds is 3. The number of aliphatic imine (C=N–C) groups is 1. The lowest BCUT2D eigenvalue weighted by Crippen LogP contribution is -1.93. The first-order valence-corrected chi connectivity index (χ1v) is 5.98. The summed E-state index contributed by atoms with van der Waals surface area (Å²) in [5, 5.41) is 20.6. The van der Waals surface area contributed by atoms with Crippen LogP contribution in [0.25, 0.3) is 5.69 Å². The van der Waals surface area contributed by atoms with Gasteiger partial charge in [0.15, 0.2) is 0 Å². The Hall–Kier alpha value is -3.02. The van der Waals surface area contributed by atoms with Crippen molar-refractivity contribution < 1.29 is 5.11 Å². The third kappa shape index (κ3) is 2.54. The maximum Gasteiger partial charge on any atom is 0.143 e. The van der Waals surface area contributed by atoms with Crippen LogP contribution in [0.5, 0.6) is 5.75 Å². The minimum absolute atomic E-state index is 0.210. The van der Waals surface area contributed by atoms with E-state index < -0.39 is 0 Å². The molecule has 3 aromatic rings. The van der Waals surface area contributed by atoms with Crippen molar-refractivity contribution in [3.05, 3.63) is 60.4 Å². The molecule has 6 heteroatoms. The number of aromatic nitrogens is 4. The minimum atomic E-state index is 0.210. The lowest BCUT2D eigenvalue weighted by Gasteiger charge is -2.00. The van der Waals surface area contributed by atoms with Gasteiger partial charge in [0.25, 0.3) is 0 Å². The summed E-state index contributed by atoms with van der Waals surface area (Å²) in [6.07, 6.45) is 3.15. The number of para-hydroxylation sites is 1. The first kappa shape index (κ1) is 12.0. The van der Waals surface area contributed by atoms with Crippen LogP contribution in [-0.4, -0.2) is 31.5 Å². The Bertz CT molecular complexity index is 720. The Balaban J connectivity index is 1.80. The lowest BCUT2D eigenvalue weighted by atomic mass is 10.2. The molecule has 2 aromatic carbocycles. The van der Waals surface area contributed by atoms with Gasteiger partial charge in [-0.25, -0.2) is 4.68 Å². The second-order valence-electron chi connectivity index (χ2n) is 4.09. The number of phenolic OH excluding ortho intramolecular Hbond substituents is 1. The van der Waals surface area contributed by atoms with Gasteiger partial charge in [0, 0.05) is 11.8 Å². The summed E-state index contributed by atoms with van der Waals surface area (Å²) >= 11 is 0. The van der Waals surface area contributed by atoms with Gasteiger partial charge < -0.3 is 5.11 Å². The van der Waals surface area contributed by atoms with Crippen LogP contribution in [0, 0.1) is 0 Å². The molecule has 0 radical (unpaired) electrons. The van der Waals surface area contributed by atoms with Crippen molar-refractivity contribution in [3.8, 4) is 11.4 Å². The molecule has 0 fully saturated rings. The van der Waals surface area contributed by atoms with Gasteiger partial charge in [-0.1, -0.05) is 12.1 Å². The molecule has 0 spiro atoms. The van der Waals surface area contributed by atoms with E-state index in [9.17, 15) is 5.11 Å². The van der Waals surface area contributed by atoms with E-state index in [1.165, 1.54) is 6.33 Å².